The molecule has 1 heterocycles. The summed E-state index contributed by atoms with van der Waals surface area (Å²) in [7, 11) is 0. The average molecular weight is 334 g/mol. The highest BCUT2D eigenvalue weighted by Gasteiger charge is 2.20. The fourth-order valence-electron chi connectivity index (χ4n) is 2.34. The van der Waals surface area contributed by atoms with Gasteiger partial charge in [-0.1, -0.05) is 29.8 Å². The van der Waals surface area contributed by atoms with E-state index in [4.69, 9.17) is 21.1 Å². The monoisotopic (exact) mass is 333 g/mol. The Bertz CT molecular complexity index is 702. The number of ether oxygens (including phenoxy) is 2. The predicted octanol–water partition coefficient (Wildman–Crippen LogP) is 2.57. The third-order valence-electron chi connectivity index (χ3n) is 3.52. The molecular weight excluding hydrogens is 318 g/mol. The molecule has 2 N–H and O–H groups in total. The SMILES string of the molecule is O=C(NC[C@@H](O)c1ccc(Cl)cc1)c1cccc2c1OCCO2. The van der Waals surface area contributed by atoms with Crippen LogP contribution in [0.3, 0.4) is 0 Å². The number of hydrogen-bond donors (Lipinski definition) is 2. The van der Waals surface area contributed by atoms with Crippen molar-refractivity contribution in [3.8, 4) is 11.5 Å². The standard InChI is InChI=1S/C17H16ClNO4/c18-12-6-4-11(5-7-12)14(20)10-19-17(21)13-2-1-3-15-16(13)23-9-8-22-15/h1-7,14,20H,8-10H2,(H,19,21)/t14-/m1/s1. The molecule has 1 amide bonds. The Morgan fingerprint density at radius 2 is 1.91 bits per heavy atom. The molecule has 0 aliphatic carbocycles. The number of fused-ring (bicyclic) bond motifs is 1. The van der Waals surface area contributed by atoms with Gasteiger partial charge < -0.3 is 19.9 Å². The third kappa shape index (κ3) is 3.57. The number of aliphatic hydroxyl groups is 1. The summed E-state index contributed by atoms with van der Waals surface area (Å²) in [6.45, 7) is 0.961. The highest BCUT2D eigenvalue weighted by molar-refractivity contribution is 6.30. The Hall–Kier alpha value is -2.24. The van der Waals surface area contributed by atoms with Crippen molar-refractivity contribution >= 4 is 17.5 Å². The molecule has 23 heavy (non-hydrogen) atoms. The Labute approximate surface area is 138 Å². The average Bonchev–Trinajstić information content (AvgIpc) is 2.59. The molecule has 6 heteroatoms. The number of rotatable bonds is 4. The summed E-state index contributed by atoms with van der Waals surface area (Å²) in [6, 6.07) is 12.0. The lowest BCUT2D eigenvalue weighted by molar-refractivity contribution is 0.0905. The highest BCUT2D eigenvalue weighted by atomic mass is 35.5. The molecule has 0 aromatic heterocycles. The Morgan fingerprint density at radius 1 is 1.17 bits per heavy atom. The number of nitrogens with one attached hydrogen (secondary N) is 1. The molecule has 1 atom stereocenters. The van der Waals surface area contributed by atoms with E-state index in [2.05, 4.69) is 5.32 Å². The smallest absolute Gasteiger partial charge is 0.255 e. The van der Waals surface area contributed by atoms with Crippen LogP contribution < -0.4 is 14.8 Å². The molecule has 5 nitrogen and oxygen atoms in total. The van der Waals surface area contributed by atoms with Gasteiger partial charge in [0.25, 0.3) is 5.91 Å². The number of hydrogen-bond acceptors (Lipinski definition) is 4. The molecule has 0 radical (unpaired) electrons. The number of amides is 1. The molecule has 1 aliphatic heterocycles. The van der Waals surface area contributed by atoms with E-state index in [9.17, 15) is 9.90 Å². The normalized spacial score (nSPS) is 14.2. The maximum atomic E-state index is 12.3. The van der Waals surface area contributed by atoms with Crippen molar-refractivity contribution in [1.29, 1.82) is 0 Å². The summed E-state index contributed by atoms with van der Waals surface area (Å²) in [5.74, 6) is 0.680. The van der Waals surface area contributed by atoms with Crippen molar-refractivity contribution in [2.45, 2.75) is 6.10 Å². The van der Waals surface area contributed by atoms with E-state index in [1.165, 1.54) is 0 Å². The minimum atomic E-state index is -0.812. The first kappa shape index (κ1) is 15.6. The quantitative estimate of drug-likeness (QED) is 0.902. The zero-order chi connectivity index (χ0) is 16.2. The molecule has 0 saturated heterocycles. The van der Waals surface area contributed by atoms with Crippen molar-refractivity contribution in [3.63, 3.8) is 0 Å². The molecule has 0 saturated carbocycles. The fraction of sp³-hybridized carbons (Fsp3) is 0.235. The first-order valence-corrected chi connectivity index (χ1v) is 7.63. The van der Waals surface area contributed by atoms with Gasteiger partial charge in [0.2, 0.25) is 0 Å². The van der Waals surface area contributed by atoms with Crippen LogP contribution in [0.5, 0.6) is 11.5 Å². The molecule has 120 valence electrons. The van der Waals surface area contributed by atoms with Gasteiger partial charge in [-0.3, -0.25) is 4.79 Å². The van der Waals surface area contributed by atoms with E-state index < -0.39 is 6.10 Å². The van der Waals surface area contributed by atoms with Crippen molar-refractivity contribution in [3.05, 3.63) is 58.6 Å². The number of carbonyl (C=O) groups excluding carboxylic acids is 1. The van der Waals surface area contributed by atoms with Crippen LogP contribution in [0.25, 0.3) is 0 Å². The van der Waals surface area contributed by atoms with Gasteiger partial charge in [0.1, 0.15) is 13.2 Å². The molecule has 1 aliphatic rings. The van der Waals surface area contributed by atoms with E-state index >= 15 is 0 Å². The zero-order valence-corrected chi connectivity index (χ0v) is 13.0. The number of carbonyl (C=O) groups is 1. The second kappa shape index (κ2) is 6.89. The van der Waals surface area contributed by atoms with Gasteiger partial charge in [-0.2, -0.15) is 0 Å². The third-order valence-corrected chi connectivity index (χ3v) is 3.77. The van der Waals surface area contributed by atoms with Crippen LogP contribution in [0.4, 0.5) is 0 Å². The zero-order valence-electron chi connectivity index (χ0n) is 12.3. The highest BCUT2D eigenvalue weighted by Crippen LogP contribution is 2.33. The Kier molecular flexibility index (Phi) is 4.69. The van der Waals surface area contributed by atoms with Crippen molar-refractivity contribution in [2.24, 2.45) is 0 Å². The maximum absolute atomic E-state index is 12.3. The molecule has 0 spiro atoms. The van der Waals surface area contributed by atoms with Gasteiger partial charge in [0.05, 0.1) is 11.7 Å². The summed E-state index contributed by atoms with van der Waals surface area (Å²) in [5.41, 5.74) is 1.08. The first-order chi connectivity index (χ1) is 11.1. The van der Waals surface area contributed by atoms with E-state index in [0.29, 0.717) is 40.9 Å². The number of para-hydroxylation sites is 1. The summed E-state index contributed by atoms with van der Waals surface area (Å²) in [4.78, 5) is 12.3. The van der Waals surface area contributed by atoms with E-state index in [0.717, 1.165) is 0 Å². The van der Waals surface area contributed by atoms with Crippen molar-refractivity contribution < 1.29 is 19.4 Å². The Balaban J connectivity index is 1.67. The van der Waals surface area contributed by atoms with Crippen LogP contribution in [0.2, 0.25) is 5.02 Å². The number of halogens is 1. The van der Waals surface area contributed by atoms with E-state index in [1.54, 1.807) is 42.5 Å². The van der Waals surface area contributed by atoms with Crippen LogP contribution >= 0.6 is 11.6 Å². The minimum absolute atomic E-state index is 0.0883. The number of aliphatic hydroxyl groups excluding tert-OH is 1. The van der Waals surface area contributed by atoms with Crippen LogP contribution in [0, 0.1) is 0 Å². The molecule has 2 aromatic carbocycles. The topological polar surface area (TPSA) is 67.8 Å². The van der Waals surface area contributed by atoms with Crippen molar-refractivity contribution in [1.82, 2.24) is 5.32 Å². The minimum Gasteiger partial charge on any atom is -0.486 e. The Morgan fingerprint density at radius 3 is 2.70 bits per heavy atom. The van der Waals surface area contributed by atoms with Gasteiger partial charge in [-0.25, -0.2) is 0 Å². The molecule has 0 unspecified atom stereocenters. The van der Waals surface area contributed by atoms with Gasteiger partial charge in [0, 0.05) is 11.6 Å². The summed E-state index contributed by atoms with van der Waals surface area (Å²) in [6.07, 6.45) is -0.812. The van der Waals surface area contributed by atoms with Crippen LogP contribution in [0.1, 0.15) is 22.0 Å². The second-order valence-corrected chi connectivity index (χ2v) is 5.54. The molecule has 2 aromatic rings. The van der Waals surface area contributed by atoms with Crippen molar-refractivity contribution in [2.75, 3.05) is 19.8 Å². The van der Waals surface area contributed by atoms with Gasteiger partial charge >= 0.3 is 0 Å². The molecule has 0 fully saturated rings. The lowest BCUT2D eigenvalue weighted by atomic mass is 10.1. The predicted molar refractivity (Wildman–Crippen MR) is 86.2 cm³/mol. The summed E-state index contributed by atoms with van der Waals surface area (Å²) < 4.78 is 11.0. The van der Waals surface area contributed by atoms with Gasteiger partial charge in [-0.05, 0) is 29.8 Å². The lowest BCUT2D eigenvalue weighted by Crippen LogP contribution is -2.29. The summed E-state index contributed by atoms with van der Waals surface area (Å²) >= 11 is 5.81. The fourth-order valence-corrected chi connectivity index (χ4v) is 2.47. The van der Waals surface area contributed by atoms with Crippen LogP contribution in [-0.4, -0.2) is 30.8 Å². The second-order valence-electron chi connectivity index (χ2n) is 5.11. The number of benzene rings is 2. The lowest BCUT2D eigenvalue weighted by Gasteiger charge is -2.21. The maximum Gasteiger partial charge on any atom is 0.255 e. The van der Waals surface area contributed by atoms with E-state index in [1.807, 2.05) is 0 Å². The molecule has 3 rings (SSSR count). The van der Waals surface area contributed by atoms with Gasteiger partial charge in [-0.15, -0.1) is 0 Å². The van der Waals surface area contributed by atoms with Crippen LogP contribution in [0.15, 0.2) is 42.5 Å². The largest absolute Gasteiger partial charge is 0.486 e. The van der Waals surface area contributed by atoms with Gasteiger partial charge in [0.15, 0.2) is 11.5 Å². The van der Waals surface area contributed by atoms with E-state index in [-0.39, 0.29) is 12.5 Å². The first-order valence-electron chi connectivity index (χ1n) is 7.25. The molecular formula is C17H16ClNO4. The van der Waals surface area contributed by atoms with Crippen LogP contribution in [-0.2, 0) is 0 Å². The summed E-state index contributed by atoms with van der Waals surface area (Å²) in [5, 5.41) is 13.4. The molecule has 0 bridgehead atoms.